The number of benzene rings is 2. The summed E-state index contributed by atoms with van der Waals surface area (Å²) in [4.78, 5) is 12.4. The van der Waals surface area contributed by atoms with Crippen molar-refractivity contribution in [2.45, 2.75) is 13.3 Å². The monoisotopic (exact) mass is 270 g/mol. The molecular weight excluding hydrogens is 252 g/mol. The number of para-hydroxylation sites is 1. The number of ether oxygens (including phenoxy) is 2. The van der Waals surface area contributed by atoms with Crippen molar-refractivity contribution in [1.29, 1.82) is 0 Å². The van der Waals surface area contributed by atoms with Gasteiger partial charge in [-0.05, 0) is 24.6 Å². The van der Waals surface area contributed by atoms with Crippen molar-refractivity contribution in [3.05, 3.63) is 59.2 Å². The lowest BCUT2D eigenvalue weighted by molar-refractivity contribution is 0.0989. The van der Waals surface area contributed by atoms with Gasteiger partial charge in [0.2, 0.25) is 0 Å². The fraction of sp³-hybridized carbons (Fsp3) is 0.235. The molecule has 0 aliphatic carbocycles. The van der Waals surface area contributed by atoms with Gasteiger partial charge in [-0.1, -0.05) is 35.9 Å². The van der Waals surface area contributed by atoms with Gasteiger partial charge in [0.05, 0.1) is 19.8 Å². The molecule has 0 atom stereocenters. The minimum absolute atomic E-state index is 0.0198. The summed E-state index contributed by atoms with van der Waals surface area (Å²) in [5.74, 6) is 1.08. The summed E-state index contributed by atoms with van der Waals surface area (Å²) < 4.78 is 10.5. The maximum atomic E-state index is 12.4. The molecule has 3 heteroatoms. The van der Waals surface area contributed by atoms with Crippen LogP contribution in [0.2, 0.25) is 0 Å². The third-order valence-electron chi connectivity index (χ3n) is 3.15. The second-order valence-corrected chi connectivity index (χ2v) is 4.63. The highest BCUT2D eigenvalue weighted by Gasteiger charge is 2.16. The Labute approximate surface area is 119 Å². The number of methoxy groups -OCH3 is 2. The van der Waals surface area contributed by atoms with Crippen molar-refractivity contribution in [3.8, 4) is 11.5 Å². The van der Waals surface area contributed by atoms with Crippen molar-refractivity contribution < 1.29 is 14.3 Å². The zero-order valence-electron chi connectivity index (χ0n) is 12.0. The Morgan fingerprint density at radius 2 is 1.80 bits per heavy atom. The van der Waals surface area contributed by atoms with Gasteiger partial charge in [-0.15, -0.1) is 0 Å². The van der Waals surface area contributed by atoms with E-state index in [9.17, 15) is 4.79 Å². The topological polar surface area (TPSA) is 35.5 Å². The first-order valence-electron chi connectivity index (χ1n) is 6.45. The third kappa shape index (κ3) is 2.99. The number of carbonyl (C=O) groups excluding carboxylic acids is 1. The molecule has 20 heavy (non-hydrogen) atoms. The van der Waals surface area contributed by atoms with Crippen LogP contribution in [0.5, 0.6) is 11.5 Å². The molecular formula is C17H18O3. The number of rotatable bonds is 5. The van der Waals surface area contributed by atoms with E-state index >= 15 is 0 Å². The van der Waals surface area contributed by atoms with E-state index < -0.39 is 0 Å². The number of carbonyl (C=O) groups is 1. The predicted octanol–water partition coefficient (Wildman–Crippen LogP) is 3.44. The van der Waals surface area contributed by atoms with Gasteiger partial charge in [0.25, 0.3) is 0 Å². The molecule has 104 valence electrons. The number of hydrogen-bond acceptors (Lipinski definition) is 3. The van der Waals surface area contributed by atoms with Crippen LogP contribution in [-0.4, -0.2) is 20.0 Å². The summed E-state index contributed by atoms with van der Waals surface area (Å²) in [6.45, 7) is 2.01. The highest BCUT2D eigenvalue weighted by molar-refractivity contribution is 6.00. The van der Waals surface area contributed by atoms with E-state index in [0.717, 1.165) is 11.1 Å². The van der Waals surface area contributed by atoms with Gasteiger partial charge in [0.1, 0.15) is 0 Å². The van der Waals surface area contributed by atoms with E-state index in [1.165, 1.54) is 0 Å². The molecule has 0 radical (unpaired) electrons. The van der Waals surface area contributed by atoms with E-state index in [2.05, 4.69) is 0 Å². The Bertz CT molecular complexity index is 617. The molecule has 2 aromatic rings. The van der Waals surface area contributed by atoms with Crippen LogP contribution in [0, 0.1) is 6.92 Å². The Kier molecular flexibility index (Phi) is 4.41. The average Bonchev–Trinajstić information content (AvgIpc) is 2.46. The summed E-state index contributed by atoms with van der Waals surface area (Å²) in [7, 11) is 3.11. The number of hydrogen-bond donors (Lipinski definition) is 0. The lowest BCUT2D eigenvalue weighted by Gasteiger charge is -2.11. The second kappa shape index (κ2) is 6.24. The van der Waals surface area contributed by atoms with Crippen LogP contribution < -0.4 is 9.47 Å². The first kappa shape index (κ1) is 14.1. The Hall–Kier alpha value is -2.29. The number of aryl methyl sites for hydroxylation is 1. The maximum Gasteiger partial charge on any atom is 0.171 e. The van der Waals surface area contributed by atoms with Gasteiger partial charge in [0.15, 0.2) is 17.3 Å². The molecule has 2 rings (SSSR count). The van der Waals surface area contributed by atoms with Crippen LogP contribution in [0.15, 0.2) is 42.5 Å². The molecule has 0 saturated heterocycles. The minimum atomic E-state index is 0.0198. The molecule has 0 aromatic heterocycles. The first-order chi connectivity index (χ1) is 9.65. The van der Waals surface area contributed by atoms with Gasteiger partial charge < -0.3 is 9.47 Å². The number of Topliss-reactive ketones (excluding diaryl/α,β-unsaturated/α-hetero) is 1. The molecule has 0 bridgehead atoms. The maximum absolute atomic E-state index is 12.4. The first-order valence-corrected chi connectivity index (χ1v) is 6.45. The summed E-state index contributed by atoms with van der Waals surface area (Å²) in [6, 6.07) is 13.3. The Balaban J connectivity index is 2.30. The molecule has 0 aliphatic rings. The fourth-order valence-electron chi connectivity index (χ4n) is 2.21. The summed E-state index contributed by atoms with van der Waals surface area (Å²) >= 11 is 0. The summed E-state index contributed by atoms with van der Waals surface area (Å²) in [5, 5.41) is 0. The van der Waals surface area contributed by atoms with Crippen molar-refractivity contribution in [2.75, 3.05) is 14.2 Å². The van der Waals surface area contributed by atoms with Crippen LogP contribution >= 0.6 is 0 Å². The van der Waals surface area contributed by atoms with Crippen LogP contribution in [-0.2, 0) is 6.42 Å². The Morgan fingerprint density at radius 3 is 2.45 bits per heavy atom. The average molecular weight is 270 g/mol. The van der Waals surface area contributed by atoms with Gasteiger partial charge in [0, 0.05) is 6.42 Å². The minimum Gasteiger partial charge on any atom is -0.493 e. The van der Waals surface area contributed by atoms with Crippen LogP contribution in [0.4, 0.5) is 0 Å². The summed E-state index contributed by atoms with van der Waals surface area (Å²) in [5.41, 5.74) is 2.70. The highest BCUT2D eigenvalue weighted by atomic mass is 16.5. The molecule has 0 saturated carbocycles. The van der Waals surface area contributed by atoms with E-state index in [1.54, 1.807) is 32.4 Å². The molecule has 0 amide bonds. The fourth-order valence-corrected chi connectivity index (χ4v) is 2.21. The predicted molar refractivity (Wildman–Crippen MR) is 78.8 cm³/mol. The number of ketones is 1. The van der Waals surface area contributed by atoms with Gasteiger partial charge in [-0.2, -0.15) is 0 Å². The molecule has 0 unspecified atom stereocenters. The van der Waals surface area contributed by atoms with Gasteiger partial charge in [-0.3, -0.25) is 4.79 Å². The van der Waals surface area contributed by atoms with Crippen molar-refractivity contribution >= 4 is 5.78 Å². The van der Waals surface area contributed by atoms with Crippen LogP contribution in [0.1, 0.15) is 21.5 Å². The van der Waals surface area contributed by atoms with Crippen molar-refractivity contribution in [1.82, 2.24) is 0 Å². The smallest absolute Gasteiger partial charge is 0.171 e. The molecule has 0 aliphatic heterocycles. The molecule has 0 heterocycles. The molecule has 2 aromatic carbocycles. The zero-order chi connectivity index (χ0) is 14.5. The van der Waals surface area contributed by atoms with E-state index in [-0.39, 0.29) is 5.78 Å². The van der Waals surface area contributed by atoms with Gasteiger partial charge >= 0.3 is 0 Å². The standard InChI is InChI=1S/C17H18O3/c1-12-6-4-7-13(10-12)11-15(18)14-8-5-9-16(19-2)17(14)20-3/h4-10H,11H2,1-3H3. The van der Waals surface area contributed by atoms with E-state index in [4.69, 9.17) is 9.47 Å². The quantitative estimate of drug-likeness (QED) is 0.781. The van der Waals surface area contributed by atoms with Crippen molar-refractivity contribution in [3.63, 3.8) is 0 Å². The molecule has 3 nitrogen and oxygen atoms in total. The van der Waals surface area contributed by atoms with E-state index in [0.29, 0.717) is 23.5 Å². The second-order valence-electron chi connectivity index (χ2n) is 4.63. The third-order valence-corrected chi connectivity index (χ3v) is 3.15. The zero-order valence-corrected chi connectivity index (χ0v) is 12.0. The normalized spacial score (nSPS) is 10.2. The highest BCUT2D eigenvalue weighted by Crippen LogP contribution is 2.31. The molecule has 0 N–H and O–H groups in total. The van der Waals surface area contributed by atoms with Crippen LogP contribution in [0.25, 0.3) is 0 Å². The van der Waals surface area contributed by atoms with Gasteiger partial charge in [-0.25, -0.2) is 0 Å². The SMILES string of the molecule is COc1cccc(C(=O)Cc2cccc(C)c2)c1OC. The van der Waals surface area contributed by atoms with E-state index in [1.807, 2.05) is 31.2 Å². The lowest BCUT2D eigenvalue weighted by atomic mass is 10.0. The van der Waals surface area contributed by atoms with Crippen molar-refractivity contribution in [2.24, 2.45) is 0 Å². The Morgan fingerprint density at radius 1 is 1.05 bits per heavy atom. The molecule has 0 spiro atoms. The largest absolute Gasteiger partial charge is 0.493 e. The molecule has 0 fully saturated rings. The summed E-state index contributed by atoms with van der Waals surface area (Å²) in [6.07, 6.45) is 0.352. The van der Waals surface area contributed by atoms with Crippen LogP contribution in [0.3, 0.4) is 0 Å². The lowest BCUT2D eigenvalue weighted by Crippen LogP contribution is -2.07.